The van der Waals surface area contributed by atoms with E-state index in [0.29, 0.717) is 29.1 Å². The minimum atomic E-state index is -5.15. The second-order valence-corrected chi connectivity index (χ2v) is 8.56. The van der Waals surface area contributed by atoms with Crippen LogP contribution < -0.4 is 9.64 Å². The molecule has 0 radical (unpaired) electrons. The van der Waals surface area contributed by atoms with Crippen LogP contribution in [0, 0.1) is 35.5 Å². The van der Waals surface area contributed by atoms with Gasteiger partial charge < -0.3 is 4.74 Å². The van der Waals surface area contributed by atoms with Crippen LogP contribution in [0.5, 0.6) is 5.75 Å². The number of allylic oxidation sites excluding steroid dienone is 2. The van der Waals surface area contributed by atoms with Crippen LogP contribution in [0.2, 0.25) is 0 Å². The molecule has 6 rings (SSSR count). The molecule has 4 aliphatic carbocycles. The molecule has 1 saturated heterocycles. The van der Waals surface area contributed by atoms with Crippen LogP contribution >= 0.6 is 0 Å². The Morgan fingerprint density at radius 3 is 2.10 bits per heavy atom. The average Bonchev–Trinajstić information content (AvgIpc) is 3.52. The number of amides is 3. The Labute approximate surface area is 176 Å². The summed E-state index contributed by atoms with van der Waals surface area (Å²) < 4.78 is 45.3. The molecule has 2 bridgehead atoms. The molecule has 0 aromatic heterocycles. The zero-order valence-electron chi connectivity index (χ0n) is 16.7. The quantitative estimate of drug-likeness (QED) is 0.528. The number of imide groups is 1. The van der Waals surface area contributed by atoms with E-state index in [-0.39, 0.29) is 17.5 Å². The van der Waals surface area contributed by atoms with E-state index in [1.54, 1.807) is 6.92 Å². The first-order valence-electron chi connectivity index (χ1n) is 10.4. The van der Waals surface area contributed by atoms with E-state index < -0.39 is 42.4 Å². The van der Waals surface area contributed by atoms with Gasteiger partial charge >= 0.3 is 12.1 Å². The molecule has 31 heavy (non-hydrogen) atoms. The molecule has 5 aliphatic rings. The first kappa shape index (κ1) is 20.1. The molecule has 1 aliphatic heterocycles. The topological polar surface area (TPSA) is 66.9 Å². The monoisotopic (exact) mass is 434 g/mol. The second-order valence-electron chi connectivity index (χ2n) is 8.56. The summed E-state index contributed by atoms with van der Waals surface area (Å²) in [5.74, 6) is -3.04. The van der Waals surface area contributed by atoms with E-state index in [0.717, 1.165) is 11.3 Å². The van der Waals surface area contributed by atoms with Gasteiger partial charge in [-0.05, 0) is 61.3 Å². The summed E-state index contributed by atoms with van der Waals surface area (Å²) in [6.45, 7) is 1.39. The van der Waals surface area contributed by atoms with Crippen molar-refractivity contribution in [2.24, 2.45) is 35.5 Å². The van der Waals surface area contributed by atoms with E-state index in [9.17, 15) is 27.6 Å². The fourth-order valence-corrected chi connectivity index (χ4v) is 5.60. The fraction of sp³-hybridized carbons (Fsp3) is 0.500. The van der Waals surface area contributed by atoms with Gasteiger partial charge in [-0.1, -0.05) is 12.2 Å². The van der Waals surface area contributed by atoms with E-state index in [4.69, 9.17) is 4.74 Å². The minimum Gasteiger partial charge on any atom is -0.494 e. The van der Waals surface area contributed by atoms with E-state index in [1.165, 1.54) is 24.3 Å². The molecule has 0 spiro atoms. The highest BCUT2D eigenvalue weighted by Gasteiger charge is 2.67. The molecule has 9 heteroatoms. The Bertz CT molecular complexity index is 938. The number of halogens is 3. The van der Waals surface area contributed by atoms with Crippen LogP contribution in [0.15, 0.2) is 36.4 Å². The van der Waals surface area contributed by atoms with Gasteiger partial charge in [0.2, 0.25) is 11.8 Å². The fourth-order valence-electron chi connectivity index (χ4n) is 5.60. The van der Waals surface area contributed by atoms with Crippen LogP contribution in [-0.2, 0) is 14.4 Å². The number of hydrogen-bond acceptors (Lipinski definition) is 4. The van der Waals surface area contributed by atoms with Crippen LogP contribution in [0.4, 0.5) is 18.9 Å². The van der Waals surface area contributed by atoms with Gasteiger partial charge in [-0.3, -0.25) is 24.2 Å². The highest BCUT2D eigenvalue weighted by atomic mass is 19.4. The summed E-state index contributed by atoms with van der Waals surface area (Å²) >= 11 is 0. The molecule has 0 N–H and O–H groups in total. The normalized spacial score (nSPS) is 32.7. The summed E-state index contributed by atoms with van der Waals surface area (Å²) in [6.07, 6.45) is -0.195. The summed E-state index contributed by atoms with van der Waals surface area (Å²) in [6, 6.07) is 5.52. The Balaban J connectivity index is 1.44. The van der Waals surface area contributed by atoms with E-state index >= 15 is 0 Å². The van der Waals surface area contributed by atoms with Gasteiger partial charge in [0.15, 0.2) is 0 Å². The maximum atomic E-state index is 13.3. The molecule has 1 aromatic rings. The number of likely N-dealkylation sites (tertiary alicyclic amines) is 1. The second kappa shape index (κ2) is 6.83. The first-order valence-corrected chi connectivity index (χ1v) is 10.4. The van der Waals surface area contributed by atoms with Gasteiger partial charge in [-0.2, -0.15) is 13.2 Å². The lowest BCUT2D eigenvalue weighted by Crippen LogP contribution is -2.49. The largest absolute Gasteiger partial charge is 0.494 e. The number of nitrogens with zero attached hydrogens (tertiary/aromatic N) is 2. The Hall–Kier alpha value is -2.84. The van der Waals surface area contributed by atoms with Crippen molar-refractivity contribution in [3.63, 3.8) is 0 Å². The van der Waals surface area contributed by atoms with Gasteiger partial charge in [0.25, 0.3) is 0 Å². The summed E-state index contributed by atoms with van der Waals surface area (Å²) in [5, 5.41) is 0. The average molecular weight is 434 g/mol. The minimum absolute atomic E-state index is 0.0429. The highest BCUT2D eigenvalue weighted by Crippen LogP contribution is 2.65. The van der Waals surface area contributed by atoms with Crippen LogP contribution in [0.1, 0.15) is 13.3 Å². The number of carbonyl (C=O) groups is 3. The molecular formula is C22H21F3N2O4. The van der Waals surface area contributed by atoms with Crippen molar-refractivity contribution in [3.8, 4) is 5.75 Å². The van der Waals surface area contributed by atoms with Crippen molar-refractivity contribution in [3.05, 3.63) is 36.4 Å². The lowest BCUT2D eigenvalue weighted by molar-refractivity contribution is -0.171. The van der Waals surface area contributed by atoms with Crippen molar-refractivity contribution in [1.82, 2.24) is 4.90 Å². The lowest BCUT2D eigenvalue weighted by Gasteiger charge is -2.37. The van der Waals surface area contributed by atoms with E-state index in [1.807, 2.05) is 12.2 Å². The van der Waals surface area contributed by atoms with Crippen LogP contribution in [-0.4, -0.2) is 42.1 Å². The first-order chi connectivity index (χ1) is 14.7. The molecule has 2 saturated carbocycles. The number of hydrogen-bond donors (Lipinski definition) is 0. The molecule has 3 fully saturated rings. The lowest BCUT2D eigenvalue weighted by atomic mass is 9.63. The number of rotatable bonds is 5. The zero-order chi connectivity index (χ0) is 22.1. The molecule has 6 atom stereocenters. The van der Waals surface area contributed by atoms with Crippen LogP contribution in [0.25, 0.3) is 0 Å². The van der Waals surface area contributed by atoms with Gasteiger partial charge in [0, 0.05) is 5.69 Å². The van der Waals surface area contributed by atoms with Gasteiger partial charge in [0.1, 0.15) is 12.4 Å². The SMILES string of the molecule is CCOc1ccc(N(CN2C(=O)[C@H]3[C@@H]4C=C[C@@H]([C@H]5C[C@H]45)[C@@H]3C2=O)C(=O)C(F)(F)F)cc1. The van der Waals surface area contributed by atoms with Gasteiger partial charge in [-0.15, -0.1) is 0 Å². The van der Waals surface area contributed by atoms with Crippen LogP contribution in [0.3, 0.4) is 0 Å². The number of alkyl halides is 3. The van der Waals surface area contributed by atoms with Gasteiger partial charge in [0.05, 0.1) is 18.4 Å². The third kappa shape index (κ3) is 3.04. The Morgan fingerprint density at radius 2 is 1.61 bits per heavy atom. The molecule has 0 unspecified atom stereocenters. The maximum Gasteiger partial charge on any atom is 0.471 e. The van der Waals surface area contributed by atoms with Crippen molar-refractivity contribution in [2.75, 3.05) is 18.2 Å². The number of anilines is 1. The molecular weight excluding hydrogens is 413 g/mol. The Morgan fingerprint density at radius 1 is 1.06 bits per heavy atom. The summed E-state index contributed by atoms with van der Waals surface area (Å²) in [7, 11) is 0. The number of ether oxygens (including phenoxy) is 1. The predicted octanol–water partition coefficient (Wildman–Crippen LogP) is 2.99. The third-order valence-corrected chi connectivity index (χ3v) is 6.98. The maximum absolute atomic E-state index is 13.3. The standard InChI is InChI=1S/C22H21F3N2O4/c1-2-31-12-5-3-11(4-6-12)26(21(30)22(23,24)25)10-27-19(28)17-13-7-8-14(16-9-15(13)16)18(17)20(27)29/h3-8,13-18H,2,9-10H2,1H3/t13-,14+,15-,16-,17+,18+/m1/s1. The third-order valence-electron chi connectivity index (χ3n) is 6.98. The van der Waals surface area contributed by atoms with Crippen molar-refractivity contribution in [1.29, 1.82) is 0 Å². The van der Waals surface area contributed by atoms with E-state index in [2.05, 4.69) is 0 Å². The van der Waals surface area contributed by atoms with Gasteiger partial charge in [-0.25, -0.2) is 0 Å². The predicted molar refractivity (Wildman–Crippen MR) is 103 cm³/mol. The van der Waals surface area contributed by atoms with Crippen molar-refractivity contribution >= 4 is 23.4 Å². The zero-order valence-corrected chi connectivity index (χ0v) is 16.7. The molecule has 1 heterocycles. The molecule has 6 nitrogen and oxygen atoms in total. The van der Waals surface area contributed by atoms with Crippen molar-refractivity contribution < 1.29 is 32.3 Å². The number of carbonyl (C=O) groups excluding carboxylic acids is 3. The molecule has 1 aromatic carbocycles. The smallest absolute Gasteiger partial charge is 0.471 e. The molecule has 164 valence electrons. The number of benzene rings is 1. The van der Waals surface area contributed by atoms with Crippen molar-refractivity contribution in [2.45, 2.75) is 19.5 Å². The summed E-state index contributed by atoms with van der Waals surface area (Å²) in [5.41, 5.74) is -0.0646. The highest BCUT2D eigenvalue weighted by molar-refractivity contribution is 6.07. The Kier molecular flexibility index (Phi) is 4.43. The summed E-state index contributed by atoms with van der Waals surface area (Å²) in [4.78, 5) is 39.7. The molecule has 3 amide bonds.